The Bertz CT molecular complexity index is 1280. The first kappa shape index (κ1) is 24.0. The van der Waals surface area contributed by atoms with Gasteiger partial charge < -0.3 is 9.84 Å². The van der Waals surface area contributed by atoms with E-state index >= 15 is 0 Å². The average molecular weight is 483 g/mol. The van der Waals surface area contributed by atoms with Gasteiger partial charge >= 0.3 is 0 Å². The number of ether oxygens (including phenoxy) is 1. The summed E-state index contributed by atoms with van der Waals surface area (Å²) in [5.41, 5.74) is 1.71. The van der Waals surface area contributed by atoms with Gasteiger partial charge in [-0.2, -0.15) is 0 Å². The van der Waals surface area contributed by atoms with Crippen molar-refractivity contribution in [2.45, 2.75) is 43.5 Å². The van der Waals surface area contributed by atoms with E-state index in [4.69, 9.17) is 4.74 Å². The number of rotatable bonds is 7. The minimum atomic E-state index is -3.97. The number of halogens is 1. The van der Waals surface area contributed by atoms with Gasteiger partial charge in [0.1, 0.15) is 16.7 Å². The number of hydrogen-bond donors (Lipinski definition) is 1. The number of aromatic nitrogens is 1. The molecule has 0 bridgehead atoms. The first-order chi connectivity index (χ1) is 16.2. The van der Waals surface area contributed by atoms with E-state index < -0.39 is 32.6 Å². The molecule has 0 saturated carbocycles. The Kier molecular flexibility index (Phi) is 6.81. The van der Waals surface area contributed by atoms with Gasteiger partial charge in [0, 0.05) is 25.4 Å². The first-order valence-electron chi connectivity index (χ1n) is 11.1. The molecule has 0 saturated heterocycles. The summed E-state index contributed by atoms with van der Waals surface area (Å²) < 4.78 is 51.0. The van der Waals surface area contributed by atoms with Gasteiger partial charge in [-0.25, -0.2) is 12.8 Å². The van der Waals surface area contributed by atoms with Crippen molar-refractivity contribution in [3.8, 4) is 11.1 Å². The molecule has 6 nitrogen and oxygen atoms in total. The maximum atomic E-state index is 14.4. The Balaban J connectivity index is 1.63. The Morgan fingerprint density at radius 2 is 1.79 bits per heavy atom. The van der Waals surface area contributed by atoms with Crippen LogP contribution in [0.3, 0.4) is 0 Å². The fourth-order valence-corrected chi connectivity index (χ4v) is 6.27. The van der Waals surface area contributed by atoms with Crippen LogP contribution in [-0.2, 0) is 14.8 Å². The van der Waals surface area contributed by atoms with Crippen molar-refractivity contribution in [3.05, 3.63) is 90.0 Å². The Morgan fingerprint density at radius 3 is 2.41 bits per heavy atom. The highest BCUT2D eigenvalue weighted by Crippen LogP contribution is 2.42. The van der Waals surface area contributed by atoms with Crippen molar-refractivity contribution in [1.82, 2.24) is 4.98 Å². The maximum Gasteiger partial charge on any atom is 0.267 e. The van der Waals surface area contributed by atoms with Gasteiger partial charge in [-0.1, -0.05) is 48.5 Å². The molecule has 0 fully saturated rings. The van der Waals surface area contributed by atoms with Crippen LogP contribution in [0.25, 0.3) is 11.1 Å². The van der Waals surface area contributed by atoms with Crippen molar-refractivity contribution in [2.24, 2.45) is 4.40 Å². The van der Waals surface area contributed by atoms with E-state index in [9.17, 15) is 17.9 Å². The second-order valence-corrected chi connectivity index (χ2v) is 10.6. The van der Waals surface area contributed by atoms with E-state index in [1.165, 1.54) is 6.07 Å². The summed E-state index contributed by atoms with van der Waals surface area (Å²) in [6, 6.07) is 17.3. The number of aliphatic hydroxyl groups is 1. The van der Waals surface area contributed by atoms with Crippen LogP contribution >= 0.6 is 0 Å². The van der Waals surface area contributed by atoms with Crippen LogP contribution in [0.4, 0.5) is 4.39 Å². The number of benzene rings is 2. The van der Waals surface area contributed by atoms with Crippen LogP contribution < -0.4 is 0 Å². The minimum Gasteiger partial charge on any atom is -0.472 e. The van der Waals surface area contributed by atoms with E-state index in [1.807, 2.05) is 24.3 Å². The second kappa shape index (κ2) is 9.64. The molecule has 0 radical (unpaired) electrons. The lowest BCUT2D eigenvalue weighted by Gasteiger charge is -2.38. The molecule has 3 aromatic rings. The molecule has 0 amide bonds. The SMILES string of the molecule is CC1(C)OC(C[C@@H](CCO)c2ccccc2F)=NS(=O)(=O)C1c1ccc(-c2cccnc2)cc1. The van der Waals surface area contributed by atoms with Crippen LogP contribution in [-0.4, -0.2) is 36.6 Å². The van der Waals surface area contributed by atoms with E-state index in [0.717, 1.165) is 11.1 Å². The summed E-state index contributed by atoms with van der Waals surface area (Å²) >= 11 is 0. The summed E-state index contributed by atoms with van der Waals surface area (Å²) in [7, 11) is -3.97. The maximum absolute atomic E-state index is 14.4. The van der Waals surface area contributed by atoms with Crippen LogP contribution in [0.15, 0.2) is 77.5 Å². The van der Waals surface area contributed by atoms with Crippen LogP contribution in [0, 0.1) is 5.82 Å². The van der Waals surface area contributed by atoms with Crippen molar-refractivity contribution in [3.63, 3.8) is 0 Å². The molecule has 8 heteroatoms. The Morgan fingerprint density at radius 1 is 1.06 bits per heavy atom. The molecule has 2 heterocycles. The van der Waals surface area contributed by atoms with Crippen LogP contribution in [0.5, 0.6) is 0 Å². The lowest BCUT2D eigenvalue weighted by molar-refractivity contribution is 0.0797. The minimum absolute atomic E-state index is 0.0231. The summed E-state index contributed by atoms with van der Waals surface area (Å²) in [5.74, 6) is -0.854. The van der Waals surface area contributed by atoms with Crippen molar-refractivity contribution in [2.75, 3.05) is 6.61 Å². The Labute approximate surface area is 199 Å². The molecule has 178 valence electrons. The molecule has 2 aromatic carbocycles. The molecule has 34 heavy (non-hydrogen) atoms. The molecule has 2 atom stereocenters. The second-order valence-electron chi connectivity index (χ2n) is 8.88. The normalized spacial score (nSPS) is 19.6. The average Bonchev–Trinajstić information content (AvgIpc) is 2.79. The van der Waals surface area contributed by atoms with Gasteiger partial charge in [-0.3, -0.25) is 4.98 Å². The molecule has 1 aliphatic heterocycles. The predicted molar refractivity (Wildman–Crippen MR) is 129 cm³/mol. The van der Waals surface area contributed by atoms with E-state index in [2.05, 4.69) is 9.38 Å². The van der Waals surface area contributed by atoms with Gasteiger partial charge in [0.15, 0.2) is 0 Å². The summed E-state index contributed by atoms with van der Waals surface area (Å²) in [5, 5.41) is 8.49. The fourth-order valence-electron chi connectivity index (χ4n) is 4.51. The van der Waals surface area contributed by atoms with Crippen molar-refractivity contribution >= 4 is 15.9 Å². The lowest BCUT2D eigenvalue weighted by atomic mass is 9.91. The molecule has 0 spiro atoms. The molecule has 1 unspecified atom stereocenters. The van der Waals surface area contributed by atoms with Gasteiger partial charge in [0.05, 0.1) is 0 Å². The highest BCUT2D eigenvalue weighted by atomic mass is 32.2. The summed E-state index contributed by atoms with van der Waals surface area (Å²) in [6.07, 6.45) is 3.76. The number of hydrogen-bond acceptors (Lipinski definition) is 5. The third-order valence-electron chi connectivity index (χ3n) is 5.99. The quantitative estimate of drug-likeness (QED) is 0.511. The zero-order chi connectivity index (χ0) is 24.3. The van der Waals surface area contributed by atoms with Gasteiger partial charge in [-0.05, 0) is 60.6 Å². The fraction of sp³-hybridized carbons (Fsp3) is 0.308. The van der Waals surface area contributed by atoms with Gasteiger partial charge in [0.2, 0.25) is 5.90 Å². The molecule has 1 aromatic heterocycles. The molecule has 1 aliphatic rings. The summed E-state index contributed by atoms with van der Waals surface area (Å²) in [6.45, 7) is 3.25. The lowest BCUT2D eigenvalue weighted by Crippen LogP contribution is -2.43. The highest BCUT2D eigenvalue weighted by molar-refractivity contribution is 7.90. The highest BCUT2D eigenvalue weighted by Gasteiger charge is 2.47. The smallest absolute Gasteiger partial charge is 0.267 e. The topological polar surface area (TPSA) is 88.9 Å². The number of aliphatic hydroxyl groups excluding tert-OH is 1. The zero-order valence-electron chi connectivity index (χ0n) is 19.1. The molecular weight excluding hydrogens is 455 g/mol. The largest absolute Gasteiger partial charge is 0.472 e. The third-order valence-corrected chi connectivity index (χ3v) is 7.88. The zero-order valence-corrected chi connectivity index (χ0v) is 19.9. The van der Waals surface area contributed by atoms with Crippen LogP contribution in [0.2, 0.25) is 0 Å². The number of nitrogens with zero attached hydrogens (tertiary/aromatic N) is 2. The van der Waals surface area contributed by atoms with E-state index in [1.54, 1.807) is 56.6 Å². The van der Waals surface area contributed by atoms with Crippen molar-refractivity contribution < 1.29 is 22.7 Å². The standard InChI is InChI=1S/C26H27FN2O4S/c1-26(2)25(19-11-9-18(10-12-19)21-6-5-14-28-17-21)34(31,32)29-24(33-26)16-20(13-15-30)22-7-3-4-8-23(22)27/h3-12,14,17,20,25,30H,13,15-16H2,1-2H3/t20-,25?/m1/s1. The number of sulfonamides is 1. The van der Waals surface area contributed by atoms with Gasteiger partial charge in [0.25, 0.3) is 10.0 Å². The van der Waals surface area contributed by atoms with Gasteiger partial charge in [-0.15, -0.1) is 4.40 Å². The monoisotopic (exact) mass is 482 g/mol. The summed E-state index contributed by atoms with van der Waals surface area (Å²) in [4.78, 5) is 4.12. The molecular formula is C26H27FN2O4S. The first-order valence-corrected chi connectivity index (χ1v) is 12.6. The van der Waals surface area contributed by atoms with Crippen molar-refractivity contribution in [1.29, 1.82) is 0 Å². The molecule has 4 rings (SSSR count). The van der Waals surface area contributed by atoms with E-state index in [0.29, 0.717) is 11.1 Å². The van der Waals surface area contributed by atoms with E-state index in [-0.39, 0.29) is 25.3 Å². The molecule has 0 aliphatic carbocycles. The van der Waals surface area contributed by atoms with Crippen LogP contribution in [0.1, 0.15) is 49.0 Å². The third kappa shape index (κ3) is 5.03. The number of pyridine rings is 1. The Hall–Kier alpha value is -3.10. The predicted octanol–water partition coefficient (Wildman–Crippen LogP) is 5.02. The molecule has 1 N–H and O–H groups in total.